The Hall–Kier alpha value is -1.16. The Morgan fingerprint density at radius 3 is 2.62 bits per heavy atom. The van der Waals surface area contributed by atoms with Gasteiger partial charge in [-0.25, -0.2) is 0 Å². The quantitative estimate of drug-likeness (QED) is 0.827. The van der Waals surface area contributed by atoms with Gasteiger partial charge in [-0.15, -0.1) is 5.10 Å². The Morgan fingerprint density at radius 2 is 2.00 bits per heavy atom. The summed E-state index contributed by atoms with van der Waals surface area (Å²) in [7, 11) is 0. The number of nitrogens with zero attached hydrogens (tertiary/aromatic N) is 3. The van der Waals surface area contributed by atoms with Crippen molar-refractivity contribution >= 4 is 5.82 Å². The van der Waals surface area contributed by atoms with Gasteiger partial charge in [0.2, 0.25) is 0 Å². The van der Waals surface area contributed by atoms with E-state index < -0.39 is 0 Å². The second-order valence-electron chi connectivity index (χ2n) is 4.73. The van der Waals surface area contributed by atoms with Crippen molar-refractivity contribution in [1.29, 1.82) is 0 Å². The van der Waals surface area contributed by atoms with Gasteiger partial charge in [0.25, 0.3) is 0 Å². The van der Waals surface area contributed by atoms with Crippen molar-refractivity contribution in [2.45, 2.75) is 38.3 Å². The van der Waals surface area contributed by atoms with Crippen LogP contribution < -0.4 is 10.2 Å². The van der Waals surface area contributed by atoms with Crippen LogP contribution in [0.15, 0.2) is 12.1 Å². The van der Waals surface area contributed by atoms with E-state index in [0.717, 1.165) is 37.2 Å². The molecule has 0 spiro atoms. The molecular formula is C12H18N4. The van der Waals surface area contributed by atoms with Gasteiger partial charge in [0.1, 0.15) is 0 Å². The molecule has 0 aromatic carbocycles. The van der Waals surface area contributed by atoms with Crippen LogP contribution in [0.25, 0.3) is 0 Å². The summed E-state index contributed by atoms with van der Waals surface area (Å²) < 4.78 is 0. The third-order valence-corrected chi connectivity index (χ3v) is 3.28. The molecule has 2 fully saturated rings. The van der Waals surface area contributed by atoms with Crippen LogP contribution in [0, 0.1) is 0 Å². The van der Waals surface area contributed by atoms with Crippen LogP contribution >= 0.6 is 0 Å². The number of aromatic nitrogens is 2. The standard InChI is InChI=1S/C12H18N4/c1-2-8-16(7-1)12-6-5-11(14-15-12)9-13-10-3-4-10/h5-6,10,13H,1-4,7-9H2. The van der Waals surface area contributed by atoms with E-state index in [9.17, 15) is 0 Å². The summed E-state index contributed by atoms with van der Waals surface area (Å²) in [5, 5.41) is 12.0. The summed E-state index contributed by atoms with van der Waals surface area (Å²) >= 11 is 0. The van der Waals surface area contributed by atoms with Crippen molar-refractivity contribution in [3.8, 4) is 0 Å². The molecule has 16 heavy (non-hydrogen) atoms. The molecule has 0 bridgehead atoms. The van der Waals surface area contributed by atoms with Gasteiger partial charge in [-0.3, -0.25) is 0 Å². The minimum atomic E-state index is 0.736. The van der Waals surface area contributed by atoms with E-state index in [-0.39, 0.29) is 0 Å². The maximum Gasteiger partial charge on any atom is 0.151 e. The zero-order valence-electron chi connectivity index (χ0n) is 9.52. The maximum atomic E-state index is 4.29. The van der Waals surface area contributed by atoms with Gasteiger partial charge in [-0.2, -0.15) is 5.10 Å². The van der Waals surface area contributed by atoms with Crippen molar-refractivity contribution in [2.24, 2.45) is 0 Å². The molecule has 1 N–H and O–H groups in total. The molecule has 1 saturated heterocycles. The van der Waals surface area contributed by atoms with Crippen molar-refractivity contribution in [3.05, 3.63) is 17.8 Å². The summed E-state index contributed by atoms with van der Waals surface area (Å²) in [4.78, 5) is 2.31. The monoisotopic (exact) mass is 218 g/mol. The Kier molecular flexibility index (Phi) is 2.74. The van der Waals surface area contributed by atoms with Gasteiger partial charge >= 0.3 is 0 Å². The second kappa shape index (κ2) is 4.37. The summed E-state index contributed by atoms with van der Waals surface area (Å²) in [6, 6.07) is 4.93. The van der Waals surface area contributed by atoms with E-state index in [4.69, 9.17) is 0 Å². The molecule has 1 aliphatic carbocycles. The molecule has 4 nitrogen and oxygen atoms in total. The molecule has 0 unspecified atom stereocenters. The summed E-state index contributed by atoms with van der Waals surface area (Å²) in [5.74, 6) is 1.03. The van der Waals surface area contributed by atoms with Crippen molar-refractivity contribution < 1.29 is 0 Å². The van der Waals surface area contributed by atoms with E-state index in [2.05, 4.69) is 32.5 Å². The summed E-state index contributed by atoms with van der Waals surface area (Å²) in [6.07, 6.45) is 5.21. The van der Waals surface area contributed by atoms with E-state index in [0.29, 0.717) is 0 Å². The average Bonchev–Trinajstić information content (AvgIpc) is 3.00. The average molecular weight is 218 g/mol. The van der Waals surface area contributed by atoms with Gasteiger partial charge in [0.05, 0.1) is 5.69 Å². The van der Waals surface area contributed by atoms with Crippen LogP contribution in [0.4, 0.5) is 5.82 Å². The maximum absolute atomic E-state index is 4.29. The molecule has 0 amide bonds. The zero-order valence-corrected chi connectivity index (χ0v) is 9.52. The lowest BCUT2D eigenvalue weighted by Crippen LogP contribution is -2.20. The largest absolute Gasteiger partial charge is 0.355 e. The van der Waals surface area contributed by atoms with E-state index >= 15 is 0 Å². The van der Waals surface area contributed by atoms with Crippen molar-refractivity contribution in [2.75, 3.05) is 18.0 Å². The Labute approximate surface area is 96.1 Å². The predicted octanol–water partition coefficient (Wildman–Crippen LogP) is 1.33. The molecule has 1 saturated carbocycles. The first-order chi connectivity index (χ1) is 7.92. The molecular weight excluding hydrogens is 200 g/mol. The highest BCUT2D eigenvalue weighted by Gasteiger charge is 2.20. The Morgan fingerprint density at radius 1 is 1.19 bits per heavy atom. The van der Waals surface area contributed by atoms with Gasteiger partial charge in [0, 0.05) is 25.7 Å². The molecule has 2 heterocycles. The lowest BCUT2D eigenvalue weighted by Gasteiger charge is -2.15. The lowest BCUT2D eigenvalue weighted by atomic mass is 10.3. The van der Waals surface area contributed by atoms with Crippen LogP contribution in [-0.4, -0.2) is 29.3 Å². The fraction of sp³-hybridized carbons (Fsp3) is 0.667. The van der Waals surface area contributed by atoms with Crippen molar-refractivity contribution in [1.82, 2.24) is 15.5 Å². The third kappa shape index (κ3) is 2.32. The number of rotatable bonds is 4. The highest BCUT2D eigenvalue weighted by molar-refractivity contribution is 5.38. The van der Waals surface area contributed by atoms with E-state index in [1.165, 1.54) is 25.7 Å². The molecule has 1 aromatic heterocycles. The Bertz CT molecular complexity index is 339. The molecule has 1 aliphatic heterocycles. The van der Waals surface area contributed by atoms with Crippen molar-refractivity contribution in [3.63, 3.8) is 0 Å². The molecule has 86 valence electrons. The fourth-order valence-corrected chi connectivity index (χ4v) is 2.10. The van der Waals surface area contributed by atoms with Gasteiger partial charge in [-0.05, 0) is 37.8 Å². The first-order valence-electron chi connectivity index (χ1n) is 6.23. The number of nitrogens with one attached hydrogen (secondary N) is 1. The topological polar surface area (TPSA) is 41.1 Å². The first kappa shape index (κ1) is 10.0. The first-order valence-corrected chi connectivity index (χ1v) is 6.23. The van der Waals surface area contributed by atoms with Crippen LogP contribution in [0.1, 0.15) is 31.4 Å². The van der Waals surface area contributed by atoms with Gasteiger partial charge < -0.3 is 10.2 Å². The summed E-state index contributed by atoms with van der Waals surface area (Å²) in [5.41, 5.74) is 1.05. The normalized spacial score (nSPS) is 20.4. The highest BCUT2D eigenvalue weighted by atomic mass is 15.3. The van der Waals surface area contributed by atoms with Gasteiger partial charge in [-0.1, -0.05) is 0 Å². The van der Waals surface area contributed by atoms with Crippen LogP contribution in [0.5, 0.6) is 0 Å². The SMILES string of the molecule is c1cc(N2CCCC2)nnc1CNC1CC1. The molecule has 2 aliphatic rings. The minimum absolute atomic E-state index is 0.736. The zero-order chi connectivity index (χ0) is 10.8. The molecule has 1 aromatic rings. The highest BCUT2D eigenvalue weighted by Crippen LogP contribution is 2.19. The second-order valence-corrected chi connectivity index (χ2v) is 4.73. The van der Waals surface area contributed by atoms with E-state index in [1.807, 2.05) is 0 Å². The Balaban J connectivity index is 1.59. The number of anilines is 1. The van der Waals surface area contributed by atoms with E-state index in [1.54, 1.807) is 0 Å². The molecule has 0 atom stereocenters. The molecule has 0 radical (unpaired) electrons. The fourth-order valence-electron chi connectivity index (χ4n) is 2.10. The summed E-state index contributed by atoms with van der Waals surface area (Å²) in [6.45, 7) is 3.13. The van der Waals surface area contributed by atoms with Crippen LogP contribution in [0.3, 0.4) is 0 Å². The van der Waals surface area contributed by atoms with Gasteiger partial charge in [0.15, 0.2) is 5.82 Å². The minimum Gasteiger partial charge on any atom is -0.355 e. The van der Waals surface area contributed by atoms with Crippen LogP contribution in [0.2, 0.25) is 0 Å². The smallest absolute Gasteiger partial charge is 0.151 e. The number of hydrogen-bond donors (Lipinski definition) is 1. The third-order valence-electron chi connectivity index (χ3n) is 3.28. The van der Waals surface area contributed by atoms with Crippen LogP contribution in [-0.2, 0) is 6.54 Å². The lowest BCUT2D eigenvalue weighted by molar-refractivity contribution is 0.664. The number of hydrogen-bond acceptors (Lipinski definition) is 4. The molecule has 4 heteroatoms. The predicted molar refractivity (Wildman–Crippen MR) is 63.3 cm³/mol. The molecule has 3 rings (SSSR count).